The molecule has 0 fully saturated rings. The number of non-ortho nitro benzene ring substituents is 2. The molecule has 2 rings (SSSR count). The van der Waals surface area contributed by atoms with Crippen LogP contribution < -0.4 is 4.18 Å². The van der Waals surface area contributed by atoms with E-state index in [1.165, 1.54) is 24.3 Å². The lowest BCUT2D eigenvalue weighted by atomic mass is 10.3. The van der Waals surface area contributed by atoms with Crippen LogP contribution in [-0.2, 0) is 9.33 Å². The summed E-state index contributed by atoms with van der Waals surface area (Å²) in [5.74, 6) is -0.0452. The summed E-state index contributed by atoms with van der Waals surface area (Å²) in [6.45, 7) is 0. The van der Waals surface area contributed by atoms with Crippen LogP contribution in [0, 0.1) is 20.2 Å². The first-order valence-corrected chi connectivity index (χ1v) is 8.14. The zero-order chi connectivity index (χ0) is 18.3. The molecule has 0 aliphatic rings. The molecule has 0 aliphatic carbocycles. The van der Waals surface area contributed by atoms with Crippen molar-refractivity contribution in [2.75, 3.05) is 0 Å². The molecule has 0 aromatic heterocycles. The minimum atomic E-state index is -4.11. The summed E-state index contributed by atoms with van der Waals surface area (Å²) in [4.78, 5) is 19.1. The number of phenolic OH excluding ortho intramolecular Hbond substituents is 1. The third-order valence-electron chi connectivity index (χ3n) is 2.30. The Kier molecular flexibility index (Phi) is 6.44. The normalized spacial score (nSPS) is 10.2. The van der Waals surface area contributed by atoms with Crippen LogP contribution in [-0.4, -0.2) is 23.4 Å². The largest absolute Gasteiger partial charge is 0.508 e. The maximum absolute atomic E-state index is 10.4. The van der Waals surface area contributed by atoms with Crippen LogP contribution in [0.15, 0.2) is 48.5 Å². The molecule has 2 aromatic carbocycles. The van der Waals surface area contributed by atoms with E-state index < -0.39 is 19.2 Å². The number of aromatic hydroxyl groups is 1. The second-order valence-corrected chi connectivity index (χ2v) is 6.09. The van der Waals surface area contributed by atoms with Crippen molar-refractivity contribution < 1.29 is 27.6 Å². The highest BCUT2D eigenvalue weighted by atomic mass is 35.7. The standard InChI is InChI=1S/C6H4ClNO5S.C6H5NO3/c7-14(11,12)13-6-3-1-5(2-4-6)8(9)10;8-6-3-1-5(2-4-6)7(9)10/h1-4H;1-4,8H. The van der Waals surface area contributed by atoms with Crippen molar-refractivity contribution in [1.82, 2.24) is 0 Å². The lowest BCUT2D eigenvalue weighted by Crippen LogP contribution is -1.99. The van der Waals surface area contributed by atoms with Gasteiger partial charge in [0.25, 0.3) is 11.4 Å². The Morgan fingerprint density at radius 3 is 1.58 bits per heavy atom. The number of hydrogen-bond acceptors (Lipinski definition) is 8. The van der Waals surface area contributed by atoms with Crippen molar-refractivity contribution in [3.63, 3.8) is 0 Å². The number of rotatable bonds is 4. The van der Waals surface area contributed by atoms with Crippen molar-refractivity contribution in [3.05, 3.63) is 68.8 Å². The fraction of sp³-hybridized carbons (Fsp3) is 0. The van der Waals surface area contributed by atoms with Crippen molar-refractivity contribution in [2.24, 2.45) is 0 Å². The van der Waals surface area contributed by atoms with E-state index in [0.717, 1.165) is 24.3 Å². The van der Waals surface area contributed by atoms with Crippen molar-refractivity contribution in [2.45, 2.75) is 0 Å². The molecule has 2 aromatic rings. The first-order chi connectivity index (χ1) is 11.1. The number of phenols is 1. The van der Waals surface area contributed by atoms with Gasteiger partial charge < -0.3 is 9.29 Å². The monoisotopic (exact) mass is 376 g/mol. The summed E-state index contributed by atoms with van der Waals surface area (Å²) < 4.78 is 25.1. The number of nitrogens with zero attached hydrogens (tertiary/aromatic N) is 2. The SMILES string of the molecule is O=[N+]([O-])c1ccc(O)cc1.O=[N+]([O-])c1ccc(OS(=O)(=O)Cl)cc1. The summed E-state index contributed by atoms with van der Waals surface area (Å²) in [6, 6.07) is 9.53. The maximum Gasteiger partial charge on any atom is 0.401 e. The third kappa shape index (κ3) is 6.89. The summed E-state index contributed by atoms with van der Waals surface area (Å²) in [5.41, 5.74) is -0.179. The zero-order valence-corrected chi connectivity index (χ0v) is 13.2. The van der Waals surface area contributed by atoms with E-state index in [1.54, 1.807) is 0 Å². The molecule has 0 aliphatic heterocycles. The van der Waals surface area contributed by atoms with E-state index in [-0.39, 0.29) is 22.9 Å². The van der Waals surface area contributed by atoms with Gasteiger partial charge in [0.05, 0.1) is 20.5 Å². The van der Waals surface area contributed by atoms with Gasteiger partial charge in [0.2, 0.25) is 0 Å². The molecule has 0 saturated heterocycles. The van der Waals surface area contributed by atoms with E-state index in [1.807, 2.05) is 0 Å². The van der Waals surface area contributed by atoms with E-state index >= 15 is 0 Å². The maximum atomic E-state index is 10.4. The molecular formula is C12H9ClN2O8S. The molecular weight excluding hydrogens is 368 g/mol. The lowest BCUT2D eigenvalue weighted by Gasteiger charge is -1.99. The molecule has 0 heterocycles. The Labute approximate surface area is 139 Å². The second kappa shape index (κ2) is 8.08. The highest BCUT2D eigenvalue weighted by Gasteiger charge is 2.09. The van der Waals surface area contributed by atoms with Gasteiger partial charge in [-0.2, -0.15) is 8.42 Å². The predicted molar refractivity (Wildman–Crippen MR) is 83.3 cm³/mol. The van der Waals surface area contributed by atoms with Gasteiger partial charge in [-0.15, -0.1) is 0 Å². The number of halogens is 1. The Morgan fingerprint density at radius 2 is 1.25 bits per heavy atom. The molecule has 0 spiro atoms. The van der Waals surface area contributed by atoms with Gasteiger partial charge in [-0.05, 0) is 24.3 Å². The van der Waals surface area contributed by atoms with Crippen molar-refractivity contribution >= 4 is 31.4 Å². The van der Waals surface area contributed by atoms with E-state index in [0.29, 0.717) is 0 Å². The average molecular weight is 377 g/mol. The number of nitro benzene ring substituents is 2. The highest BCUT2D eigenvalue weighted by Crippen LogP contribution is 2.19. The van der Waals surface area contributed by atoms with Gasteiger partial charge in [-0.3, -0.25) is 20.2 Å². The Balaban J connectivity index is 0.000000254. The van der Waals surface area contributed by atoms with Crippen LogP contribution >= 0.6 is 10.7 Å². The Hall–Kier alpha value is -2.92. The Morgan fingerprint density at radius 1 is 0.875 bits per heavy atom. The molecule has 12 heteroatoms. The minimum absolute atomic E-state index is 0.0159. The first-order valence-electron chi connectivity index (χ1n) is 5.90. The molecule has 10 nitrogen and oxygen atoms in total. The van der Waals surface area contributed by atoms with Gasteiger partial charge in [-0.1, -0.05) is 0 Å². The quantitative estimate of drug-likeness (QED) is 0.486. The number of nitro groups is 2. The summed E-state index contributed by atoms with van der Waals surface area (Å²) >= 11 is 0. The fourth-order valence-corrected chi connectivity index (χ4v) is 1.87. The van der Waals surface area contributed by atoms with E-state index in [2.05, 4.69) is 4.18 Å². The molecule has 0 amide bonds. The second-order valence-electron chi connectivity index (χ2n) is 4.00. The van der Waals surface area contributed by atoms with Crippen LogP contribution in [0.4, 0.5) is 11.4 Å². The minimum Gasteiger partial charge on any atom is -0.508 e. The molecule has 0 radical (unpaired) electrons. The predicted octanol–water partition coefficient (Wildman–Crippen LogP) is 2.76. The van der Waals surface area contributed by atoms with Gasteiger partial charge in [0.1, 0.15) is 11.5 Å². The average Bonchev–Trinajstić information content (AvgIpc) is 2.47. The van der Waals surface area contributed by atoms with Crippen LogP contribution in [0.2, 0.25) is 0 Å². The molecule has 24 heavy (non-hydrogen) atoms. The Bertz CT molecular complexity index is 821. The molecule has 0 unspecified atom stereocenters. The number of hydrogen-bond donors (Lipinski definition) is 1. The van der Waals surface area contributed by atoms with Crippen LogP contribution in [0.3, 0.4) is 0 Å². The third-order valence-corrected chi connectivity index (χ3v) is 2.88. The van der Waals surface area contributed by atoms with Crippen molar-refractivity contribution in [1.29, 1.82) is 0 Å². The summed E-state index contributed by atoms with van der Waals surface area (Å²) in [6.07, 6.45) is 0. The molecule has 0 bridgehead atoms. The molecule has 0 atom stereocenters. The fourth-order valence-electron chi connectivity index (χ4n) is 1.31. The first kappa shape index (κ1) is 19.1. The zero-order valence-electron chi connectivity index (χ0n) is 11.6. The topological polar surface area (TPSA) is 150 Å². The number of benzene rings is 2. The lowest BCUT2D eigenvalue weighted by molar-refractivity contribution is -0.385. The van der Waals surface area contributed by atoms with Crippen molar-refractivity contribution in [3.8, 4) is 11.5 Å². The smallest absolute Gasteiger partial charge is 0.401 e. The summed E-state index contributed by atoms with van der Waals surface area (Å²) in [5, 5.41) is 29.0. The molecule has 128 valence electrons. The van der Waals surface area contributed by atoms with E-state index in [9.17, 15) is 28.6 Å². The van der Waals surface area contributed by atoms with Crippen LogP contribution in [0.1, 0.15) is 0 Å². The van der Waals surface area contributed by atoms with Gasteiger partial charge in [-0.25, -0.2) is 0 Å². The highest BCUT2D eigenvalue weighted by molar-refractivity contribution is 8.10. The van der Waals surface area contributed by atoms with Crippen LogP contribution in [0.5, 0.6) is 11.5 Å². The van der Waals surface area contributed by atoms with Crippen LogP contribution in [0.25, 0.3) is 0 Å². The van der Waals surface area contributed by atoms with Gasteiger partial charge in [0.15, 0.2) is 0 Å². The van der Waals surface area contributed by atoms with Gasteiger partial charge in [0, 0.05) is 24.3 Å². The molecule has 1 N–H and O–H groups in total. The van der Waals surface area contributed by atoms with E-state index in [4.69, 9.17) is 15.8 Å². The molecule has 0 saturated carbocycles. The van der Waals surface area contributed by atoms with Gasteiger partial charge >= 0.3 is 9.33 Å². The summed E-state index contributed by atoms with van der Waals surface area (Å²) in [7, 11) is 0.678.